The van der Waals surface area contributed by atoms with Gasteiger partial charge >= 0.3 is 0 Å². The Morgan fingerprint density at radius 1 is 1.45 bits per heavy atom. The molecule has 0 saturated carbocycles. The van der Waals surface area contributed by atoms with Gasteiger partial charge in [0, 0.05) is 29.9 Å². The van der Waals surface area contributed by atoms with Crippen molar-refractivity contribution in [3.63, 3.8) is 0 Å². The van der Waals surface area contributed by atoms with Crippen molar-refractivity contribution in [2.45, 2.75) is 30.8 Å². The van der Waals surface area contributed by atoms with E-state index in [0.29, 0.717) is 11.0 Å². The Morgan fingerprint density at radius 3 is 2.55 bits per heavy atom. The quantitative estimate of drug-likeness (QED) is 0.789. The zero-order valence-corrected chi connectivity index (χ0v) is 15.2. The summed E-state index contributed by atoms with van der Waals surface area (Å²) in [5, 5.41) is 0. The number of hydrogen-bond donors (Lipinski definition) is 1. The molecule has 0 aliphatic heterocycles. The summed E-state index contributed by atoms with van der Waals surface area (Å²) < 4.78 is 27.4. The monoisotopic (exact) mass is 380 g/mol. The Kier molecular flexibility index (Phi) is 7.00. The van der Waals surface area contributed by atoms with Gasteiger partial charge in [-0.1, -0.05) is 13.0 Å². The molecular weight excluding hydrogens is 360 g/mol. The van der Waals surface area contributed by atoms with E-state index in [1.54, 1.807) is 37.0 Å². The summed E-state index contributed by atoms with van der Waals surface area (Å²) in [5.74, 6) is 0.782. The first kappa shape index (κ1) is 18.0. The minimum atomic E-state index is -3.50. The van der Waals surface area contributed by atoms with Crippen molar-refractivity contribution >= 4 is 37.7 Å². The third-order valence-electron chi connectivity index (χ3n) is 3.23. The zero-order chi connectivity index (χ0) is 15.3. The average molecular weight is 381 g/mol. The third kappa shape index (κ3) is 3.98. The maximum absolute atomic E-state index is 12.7. The molecule has 0 heterocycles. The molecule has 7 heteroatoms. The first-order valence-electron chi connectivity index (χ1n) is 6.33. The molecular formula is C13H21BrN2O2S2. The highest BCUT2D eigenvalue weighted by Crippen LogP contribution is 2.27. The summed E-state index contributed by atoms with van der Waals surface area (Å²) in [7, 11) is -1.85. The minimum Gasteiger partial charge on any atom is -0.326 e. The van der Waals surface area contributed by atoms with Crippen LogP contribution in [0.1, 0.15) is 18.9 Å². The molecule has 0 aliphatic rings. The van der Waals surface area contributed by atoms with Crippen LogP contribution >= 0.6 is 27.7 Å². The van der Waals surface area contributed by atoms with Gasteiger partial charge in [0.15, 0.2) is 0 Å². The number of rotatable bonds is 7. The van der Waals surface area contributed by atoms with Crippen molar-refractivity contribution in [1.29, 1.82) is 0 Å². The molecule has 114 valence electrons. The van der Waals surface area contributed by atoms with Gasteiger partial charge in [-0.05, 0) is 46.3 Å². The predicted molar refractivity (Wildman–Crippen MR) is 89.4 cm³/mol. The fraction of sp³-hybridized carbons (Fsp3) is 0.538. The van der Waals surface area contributed by atoms with Crippen LogP contribution in [0.2, 0.25) is 0 Å². The van der Waals surface area contributed by atoms with E-state index in [0.717, 1.165) is 17.7 Å². The number of nitrogens with zero attached hydrogens (tertiary/aromatic N) is 1. The fourth-order valence-corrected chi connectivity index (χ4v) is 5.35. The van der Waals surface area contributed by atoms with Crippen molar-refractivity contribution in [1.82, 2.24) is 4.31 Å². The minimum absolute atomic E-state index is 0.00362. The Balaban J connectivity index is 3.15. The van der Waals surface area contributed by atoms with Gasteiger partial charge < -0.3 is 5.73 Å². The lowest BCUT2D eigenvalue weighted by Crippen LogP contribution is -2.38. The highest BCUT2D eigenvalue weighted by molar-refractivity contribution is 9.10. The summed E-state index contributed by atoms with van der Waals surface area (Å²) in [6.07, 6.45) is 2.77. The Morgan fingerprint density at radius 2 is 2.10 bits per heavy atom. The molecule has 0 aliphatic carbocycles. The molecule has 4 nitrogen and oxygen atoms in total. The lowest BCUT2D eigenvalue weighted by molar-refractivity contribution is 0.385. The molecule has 0 radical (unpaired) electrons. The lowest BCUT2D eigenvalue weighted by Gasteiger charge is -2.26. The molecule has 1 aromatic rings. The zero-order valence-electron chi connectivity index (χ0n) is 12.0. The maximum atomic E-state index is 12.7. The van der Waals surface area contributed by atoms with Crippen molar-refractivity contribution in [3.05, 3.63) is 28.2 Å². The van der Waals surface area contributed by atoms with Crippen LogP contribution in [0.5, 0.6) is 0 Å². The molecule has 20 heavy (non-hydrogen) atoms. The van der Waals surface area contributed by atoms with Crippen molar-refractivity contribution in [2.24, 2.45) is 5.73 Å². The van der Waals surface area contributed by atoms with E-state index in [1.165, 1.54) is 4.31 Å². The second-order valence-corrected chi connectivity index (χ2v) is 8.24. The number of thioether (sulfide) groups is 1. The summed E-state index contributed by atoms with van der Waals surface area (Å²) in [6, 6.07) is 5.12. The Labute approximate surface area is 134 Å². The van der Waals surface area contributed by atoms with E-state index in [4.69, 9.17) is 5.73 Å². The first-order chi connectivity index (χ1) is 9.38. The molecule has 0 amide bonds. The van der Waals surface area contributed by atoms with E-state index in [-0.39, 0.29) is 10.9 Å². The normalized spacial score (nSPS) is 13.7. The first-order valence-corrected chi connectivity index (χ1v) is 9.96. The summed E-state index contributed by atoms with van der Waals surface area (Å²) in [6.45, 7) is 2.39. The molecule has 1 atom stereocenters. The van der Waals surface area contributed by atoms with Crippen LogP contribution in [0.25, 0.3) is 0 Å². The molecule has 0 fully saturated rings. The number of hydrogen-bond acceptors (Lipinski definition) is 4. The molecule has 0 aromatic heterocycles. The van der Waals surface area contributed by atoms with Crippen LogP contribution in [0.4, 0.5) is 0 Å². The van der Waals surface area contributed by atoms with Crippen LogP contribution in [-0.4, -0.2) is 37.8 Å². The topological polar surface area (TPSA) is 63.4 Å². The van der Waals surface area contributed by atoms with Crippen molar-refractivity contribution in [2.75, 3.05) is 19.1 Å². The van der Waals surface area contributed by atoms with Crippen LogP contribution in [-0.2, 0) is 16.6 Å². The van der Waals surface area contributed by atoms with Gasteiger partial charge in [-0.25, -0.2) is 8.42 Å². The van der Waals surface area contributed by atoms with E-state index in [1.807, 2.05) is 13.2 Å². The lowest BCUT2D eigenvalue weighted by atomic mass is 10.2. The van der Waals surface area contributed by atoms with Gasteiger partial charge in [-0.2, -0.15) is 16.1 Å². The molecule has 0 saturated heterocycles. The number of benzene rings is 1. The van der Waals surface area contributed by atoms with Gasteiger partial charge in [0.05, 0.1) is 4.90 Å². The molecule has 1 aromatic carbocycles. The second-order valence-electron chi connectivity index (χ2n) is 4.51. The molecule has 1 unspecified atom stereocenters. The van der Waals surface area contributed by atoms with Gasteiger partial charge in [0.1, 0.15) is 0 Å². The van der Waals surface area contributed by atoms with Gasteiger partial charge in [-0.15, -0.1) is 0 Å². The highest BCUT2D eigenvalue weighted by Gasteiger charge is 2.28. The van der Waals surface area contributed by atoms with E-state index in [2.05, 4.69) is 15.9 Å². The van der Waals surface area contributed by atoms with Crippen molar-refractivity contribution in [3.8, 4) is 0 Å². The standard InChI is InChI=1S/C13H21BrN2O2S2/c1-4-11(9-19-3)16(2)20(17,18)13-6-5-10(8-15)7-12(13)14/h5-7,11H,4,8-9,15H2,1-3H3. The van der Waals surface area contributed by atoms with Gasteiger partial charge in [-0.3, -0.25) is 0 Å². The Hall–Kier alpha value is -0.0800. The summed E-state index contributed by atoms with van der Waals surface area (Å²) >= 11 is 4.99. The number of nitrogens with two attached hydrogens (primary N) is 1. The summed E-state index contributed by atoms with van der Waals surface area (Å²) in [5.41, 5.74) is 6.46. The van der Waals surface area contributed by atoms with Crippen molar-refractivity contribution < 1.29 is 8.42 Å². The predicted octanol–water partition coefficient (Wildman–Crippen LogP) is 2.67. The van der Waals surface area contributed by atoms with Crippen LogP contribution < -0.4 is 5.73 Å². The number of halogens is 1. The van der Waals surface area contributed by atoms with Crippen LogP contribution in [0, 0.1) is 0 Å². The van der Waals surface area contributed by atoms with E-state index in [9.17, 15) is 8.42 Å². The highest BCUT2D eigenvalue weighted by atomic mass is 79.9. The fourth-order valence-electron chi connectivity index (χ4n) is 1.90. The Bertz CT molecular complexity index is 549. The third-order valence-corrected chi connectivity index (χ3v) is 6.84. The summed E-state index contributed by atoms with van der Waals surface area (Å²) in [4.78, 5) is 0.289. The van der Waals surface area contributed by atoms with Crippen LogP contribution in [0.15, 0.2) is 27.6 Å². The average Bonchev–Trinajstić information content (AvgIpc) is 2.43. The largest absolute Gasteiger partial charge is 0.326 e. The van der Waals surface area contributed by atoms with Gasteiger partial charge in [0.25, 0.3) is 0 Å². The smallest absolute Gasteiger partial charge is 0.244 e. The molecule has 0 spiro atoms. The second kappa shape index (κ2) is 7.79. The molecule has 1 rings (SSSR count). The van der Waals surface area contributed by atoms with E-state index >= 15 is 0 Å². The van der Waals surface area contributed by atoms with Gasteiger partial charge in [0.2, 0.25) is 10.0 Å². The SMILES string of the molecule is CCC(CSC)N(C)S(=O)(=O)c1ccc(CN)cc1Br. The molecule has 0 bridgehead atoms. The maximum Gasteiger partial charge on any atom is 0.244 e. The van der Waals surface area contributed by atoms with Crippen LogP contribution in [0.3, 0.4) is 0 Å². The van der Waals surface area contributed by atoms with E-state index < -0.39 is 10.0 Å². The number of sulfonamides is 1. The molecule has 2 N–H and O–H groups in total.